The van der Waals surface area contributed by atoms with Crippen LogP contribution in [0.25, 0.3) is 16.6 Å². The molecule has 2 bridgehead atoms. The van der Waals surface area contributed by atoms with Crippen LogP contribution in [0.1, 0.15) is 42.9 Å². The van der Waals surface area contributed by atoms with Gasteiger partial charge in [0.15, 0.2) is 0 Å². The van der Waals surface area contributed by atoms with Crippen LogP contribution < -0.4 is 0 Å². The average molecular weight is 425 g/mol. The number of amides is 1. The second-order valence-electron chi connectivity index (χ2n) is 10.0. The minimum atomic E-state index is -0.238. The highest BCUT2D eigenvalue weighted by molar-refractivity contribution is 5.88. The third-order valence-corrected chi connectivity index (χ3v) is 7.71. The molecular formula is C25H24N6O. The fourth-order valence-electron chi connectivity index (χ4n) is 6.31. The smallest absolute Gasteiger partial charge is 0.249 e. The van der Waals surface area contributed by atoms with E-state index in [1.807, 2.05) is 29.1 Å². The van der Waals surface area contributed by atoms with Crippen LogP contribution in [-0.4, -0.2) is 36.3 Å². The topological polar surface area (TPSA) is 67.8 Å². The van der Waals surface area contributed by atoms with E-state index < -0.39 is 0 Å². The molecule has 1 aromatic carbocycles. The standard InChI is InChI=1S/C25H24N6O/c1-17-2-4-20-19(10-17)11-28-30(20)16-24-13-25(14-24,15-24)23(32)31-21(6-7-27-31)18-3-5-22-26-8-9-29(22)12-18/h2-5,7-12,21H,6,13-16H2,1H3. The molecule has 3 aromatic heterocycles. The highest BCUT2D eigenvalue weighted by atomic mass is 16.2. The maximum Gasteiger partial charge on any atom is 0.249 e. The fourth-order valence-corrected chi connectivity index (χ4v) is 6.31. The van der Waals surface area contributed by atoms with Crippen LogP contribution in [0.2, 0.25) is 0 Å². The molecule has 0 N–H and O–H groups in total. The third kappa shape index (κ3) is 2.42. The Balaban J connectivity index is 1.09. The molecule has 7 heteroatoms. The molecule has 32 heavy (non-hydrogen) atoms. The molecule has 4 heterocycles. The van der Waals surface area contributed by atoms with Crippen molar-refractivity contribution in [1.29, 1.82) is 0 Å². The van der Waals surface area contributed by atoms with E-state index in [-0.39, 0.29) is 22.8 Å². The average Bonchev–Trinajstić information content (AvgIpc) is 3.47. The normalized spacial score (nSPS) is 28.3. The number of hydrogen-bond donors (Lipinski definition) is 0. The Morgan fingerprint density at radius 1 is 1.19 bits per heavy atom. The molecule has 7 nitrogen and oxygen atoms in total. The van der Waals surface area contributed by atoms with Crippen molar-refractivity contribution in [3.63, 3.8) is 0 Å². The van der Waals surface area contributed by atoms with Crippen LogP contribution >= 0.6 is 0 Å². The van der Waals surface area contributed by atoms with Gasteiger partial charge in [0.1, 0.15) is 5.65 Å². The van der Waals surface area contributed by atoms with Crippen LogP contribution in [-0.2, 0) is 11.3 Å². The van der Waals surface area contributed by atoms with E-state index in [1.165, 1.54) is 16.5 Å². The molecule has 1 unspecified atom stereocenters. The lowest BCUT2D eigenvalue weighted by molar-refractivity contribution is -0.223. The monoisotopic (exact) mass is 424 g/mol. The molecule has 1 aliphatic heterocycles. The number of imidazole rings is 1. The highest BCUT2D eigenvalue weighted by Crippen LogP contribution is 2.74. The van der Waals surface area contributed by atoms with Gasteiger partial charge in [-0.05, 0) is 55.4 Å². The van der Waals surface area contributed by atoms with Crippen LogP contribution in [0.5, 0.6) is 0 Å². The van der Waals surface area contributed by atoms with Gasteiger partial charge >= 0.3 is 0 Å². The molecule has 4 aliphatic rings. The van der Waals surface area contributed by atoms with Crippen LogP contribution in [0.3, 0.4) is 0 Å². The van der Waals surface area contributed by atoms with Crippen molar-refractivity contribution in [1.82, 2.24) is 24.2 Å². The third-order valence-electron chi connectivity index (χ3n) is 7.71. The number of rotatable bonds is 4. The van der Waals surface area contributed by atoms with Gasteiger partial charge in [0.2, 0.25) is 5.91 Å². The number of hydrogen-bond acceptors (Lipinski definition) is 4. The van der Waals surface area contributed by atoms with E-state index in [9.17, 15) is 4.79 Å². The lowest BCUT2D eigenvalue weighted by Gasteiger charge is -2.69. The van der Waals surface area contributed by atoms with Gasteiger partial charge in [0.25, 0.3) is 0 Å². The number of fused-ring (bicyclic) bond motifs is 2. The molecule has 0 spiro atoms. The molecular weight excluding hydrogens is 400 g/mol. The van der Waals surface area contributed by atoms with E-state index >= 15 is 0 Å². The maximum absolute atomic E-state index is 13.5. The zero-order chi connectivity index (χ0) is 21.5. The quantitative estimate of drug-likeness (QED) is 0.495. The minimum absolute atomic E-state index is 0.0300. The lowest BCUT2D eigenvalue weighted by atomic mass is 9.34. The Kier molecular flexibility index (Phi) is 3.43. The number of carbonyl (C=O) groups is 1. The van der Waals surface area contributed by atoms with Gasteiger partial charge in [0.05, 0.1) is 23.2 Å². The first-order valence-corrected chi connectivity index (χ1v) is 11.3. The van der Waals surface area contributed by atoms with Gasteiger partial charge in [-0.2, -0.15) is 10.2 Å². The second-order valence-corrected chi connectivity index (χ2v) is 10.0. The Hall–Kier alpha value is -3.48. The first-order chi connectivity index (χ1) is 15.5. The molecule has 1 atom stereocenters. The minimum Gasteiger partial charge on any atom is -0.307 e. The van der Waals surface area contributed by atoms with E-state index in [0.29, 0.717) is 0 Å². The van der Waals surface area contributed by atoms with Crippen molar-refractivity contribution in [2.45, 2.75) is 45.2 Å². The number of benzene rings is 1. The molecule has 8 rings (SSSR count). The SMILES string of the molecule is Cc1ccc2c(cnn2CC23CC(C(=O)N4N=CCC4c4ccc5nccn5c4)(C2)C3)c1. The van der Waals surface area contributed by atoms with E-state index in [4.69, 9.17) is 0 Å². The van der Waals surface area contributed by atoms with Crippen molar-refractivity contribution in [3.8, 4) is 0 Å². The maximum atomic E-state index is 13.5. The Bertz CT molecular complexity index is 1410. The van der Waals surface area contributed by atoms with Gasteiger partial charge in [-0.1, -0.05) is 17.7 Å². The van der Waals surface area contributed by atoms with Gasteiger partial charge in [-0.25, -0.2) is 9.99 Å². The van der Waals surface area contributed by atoms with Crippen LogP contribution in [0.4, 0.5) is 0 Å². The molecule has 1 amide bonds. The predicted octanol–water partition coefficient (Wildman–Crippen LogP) is 4.12. The summed E-state index contributed by atoms with van der Waals surface area (Å²) in [6.45, 7) is 2.99. The van der Waals surface area contributed by atoms with Gasteiger partial charge in [-0.3, -0.25) is 9.48 Å². The summed E-state index contributed by atoms with van der Waals surface area (Å²) in [6.07, 6.45) is 13.2. The van der Waals surface area contributed by atoms with Crippen molar-refractivity contribution < 1.29 is 4.79 Å². The molecule has 3 fully saturated rings. The largest absolute Gasteiger partial charge is 0.307 e. The number of aryl methyl sites for hydroxylation is 1. The summed E-state index contributed by atoms with van der Waals surface area (Å²) < 4.78 is 4.13. The summed E-state index contributed by atoms with van der Waals surface area (Å²) >= 11 is 0. The number of carbonyl (C=O) groups excluding carboxylic acids is 1. The highest BCUT2D eigenvalue weighted by Gasteiger charge is 2.72. The summed E-state index contributed by atoms with van der Waals surface area (Å²) in [5.41, 5.74) is 4.40. The molecule has 3 aliphatic carbocycles. The van der Waals surface area contributed by atoms with Gasteiger partial charge in [0, 0.05) is 43.2 Å². The summed E-state index contributed by atoms with van der Waals surface area (Å²) in [5, 5.41) is 12.1. The number of aromatic nitrogens is 4. The number of pyridine rings is 1. The molecule has 3 saturated carbocycles. The molecule has 4 aromatic rings. The zero-order valence-corrected chi connectivity index (χ0v) is 18.0. The summed E-state index contributed by atoms with van der Waals surface area (Å²) in [4.78, 5) is 17.9. The molecule has 0 saturated heterocycles. The predicted molar refractivity (Wildman–Crippen MR) is 121 cm³/mol. The van der Waals surface area contributed by atoms with Crippen molar-refractivity contribution in [3.05, 3.63) is 66.2 Å². The number of hydrazone groups is 1. The molecule has 160 valence electrons. The Morgan fingerprint density at radius 2 is 2.06 bits per heavy atom. The van der Waals surface area contributed by atoms with Crippen molar-refractivity contribution in [2.75, 3.05) is 0 Å². The van der Waals surface area contributed by atoms with E-state index in [1.54, 1.807) is 11.2 Å². The summed E-state index contributed by atoms with van der Waals surface area (Å²) in [6, 6.07) is 10.5. The number of nitrogens with zero attached hydrogens (tertiary/aromatic N) is 6. The fraction of sp³-hybridized carbons (Fsp3) is 0.360. The van der Waals surface area contributed by atoms with Crippen molar-refractivity contribution >= 4 is 28.7 Å². The first kappa shape index (κ1) is 18.1. The lowest BCUT2D eigenvalue weighted by Crippen LogP contribution is -2.68. The second kappa shape index (κ2) is 6.06. The molecule has 0 radical (unpaired) electrons. The van der Waals surface area contributed by atoms with E-state index in [0.717, 1.165) is 43.4 Å². The van der Waals surface area contributed by atoms with Gasteiger partial charge in [-0.15, -0.1) is 0 Å². The summed E-state index contributed by atoms with van der Waals surface area (Å²) in [5.74, 6) is 0.185. The van der Waals surface area contributed by atoms with Crippen LogP contribution in [0, 0.1) is 17.8 Å². The Morgan fingerprint density at radius 3 is 2.94 bits per heavy atom. The first-order valence-electron chi connectivity index (χ1n) is 11.3. The van der Waals surface area contributed by atoms with Crippen LogP contribution in [0.15, 0.2) is 60.2 Å². The van der Waals surface area contributed by atoms with Crippen molar-refractivity contribution in [2.24, 2.45) is 15.9 Å². The zero-order valence-electron chi connectivity index (χ0n) is 18.0. The summed E-state index contributed by atoms with van der Waals surface area (Å²) in [7, 11) is 0. The van der Waals surface area contributed by atoms with E-state index in [2.05, 4.69) is 57.3 Å². The Labute approximate surface area is 185 Å². The van der Waals surface area contributed by atoms with Gasteiger partial charge < -0.3 is 4.40 Å².